The summed E-state index contributed by atoms with van der Waals surface area (Å²) >= 11 is 0. The number of amidine groups is 1. The van der Waals surface area contributed by atoms with Crippen molar-refractivity contribution in [2.45, 2.75) is 0 Å². The fourth-order valence-corrected chi connectivity index (χ4v) is 3.42. The summed E-state index contributed by atoms with van der Waals surface area (Å²) in [5.74, 6) is 0.643. The highest BCUT2D eigenvalue weighted by molar-refractivity contribution is 6.18. The van der Waals surface area contributed by atoms with Crippen LogP contribution in [-0.4, -0.2) is 60.9 Å². The molecule has 0 bridgehead atoms. The smallest absolute Gasteiger partial charge is 0.278 e. The maximum Gasteiger partial charge on any atom is 0.278 e. The molecule has 2 aliphatic heterocycles. The lowest BCUT2D eigenvalue weighted by Gasteiger charge is -2.28. The maximum absolute atomic E-state index is 13.1. The van der Waals surface area contributed by atoms with E-state index in [0.717, 1.165) is 44.0 Å². The van der Waals surface area contributed by atoms with E-state index in [1.54, 1.807) is 4.90 Å². The molecule has 29 heavy (non-hydrogen) atoms. The Labute approximate surface area is 171 Å². The third-order valence-corrected chi connectivity index (χ3v) is 5.05. The summed E-state index contributed by atoms with van der Waals surface area (Å²) < 4.78 is 5.42. The molecule has 1 amide bonds. The molecule has 5 heteroatoms. The molecule has 0 radical (unpaired) electrons. The molecule has 2 aliphatic rings. The number of amides is 1. The summed E-state index contributed by atoms with van der Waals surface area (Å²) in [4.78, 5) is 21.8. The van der Waals surface area contributed by atoms with E-state index < -0.39 is 0 Å². The third-order valence-electron chi connectivity index (χ3n) is 5.05. The standard InChI is InChI=1S/C24H25N3O2/c28-24-22(19-21-9-5-2-6-10-21)25-23(12-11-20-7-3-1-4-8-20)27(24)14-13-26-15-17-29-18-16-26/h1-12,19H,13-18H2/b12-11+,22-19-. The molecule has 0 saturated carbocycles. The van der Waals surface area contributed by atoms with Crippen LogP contribution in [0.1, 0.15) is 11.1 Å². The van der Waals surface area contributed by atoms with Crippen molar-refractivity contribution in [2.75, 3.05) is 39.4 Å². The fourth-order valence-electron chi connectivity index (χ4n) is 3.42. The minimum Gasteiger partial charge on any atom is -0.379 e. The number of carbonyl (C=O) groups is 1. The van der Waals surface area contributed by atoms with E-state index in [4.69, 9.17) is 4.74 Å². The largest absolute Gasteiger partial charge is 0.379 e. The van der Waals surface area contributed by atoms with Crippen molar-refractivity contribution in [1.82, 2.24) is 9.80 Å². The average Bonchev–Trinajstić information content (AvgIpc) is 3.07. The summed E-state index contributed by atoms with van der Waals surface area (Å²) in [5.41, 5.74) is 2.53. The Balaban J connectivity index is 1.55. The highest BCUT2D eigenvalue weighted by Crippen LogP contribution is 2.20. The van der Waals surface area contributed by atoms with Gasteiger partial charge in [-0.05, 0) is 23.3 Å². The second kappa shape index (κ2) is 9.45. The summed E-state index contributed by atoms with van der Waals surface area (Å²) in [6.45, 7) is 4.74. The van der Waals surface area contributed by atoms with Crippen LogP contribution < -0.4 is 0 Å². The van der Waals surface area contributed by atoms with Gasteiger partial charge in [-0.15, -0.1) is 0 Å². The van der Waals surface area contributed by atoms with Crippen LogP contribution in [0.25, 0.3) is 12.2 Å². The molecular weight excluding hydrogens is 362 g/mol. The van der Waals surface area contributed by atoms with Gasteiger partial charge in [-0.25, -0.2) is 4.99 Å². The van der Waals surface area contributed by atoms with Crippen LogP contribution in [0.5, 0.6) is 0 Å². The van der Waals surface area contributed by atoms with Gasteiger partial charge in [0.2, 0.25) is 0 Å². The van der Waals surface area contributed by atoms with Gasteiger partial charge >= 0.3 is 0 Å². The van der Waals surface area contributed by atoms with Crippen molar-refractivity contribution in [3.8, 4) is 0 Å². The van der Waals surface area contributed by atoms with Crippen molar-refractivity contribution in [3.05, 3.63) is 83.6 Å². The first-order chi connectivity index (χ1) is 14.3. The van der Waals surface area contributed by atoms with Crippen LogP contribution in [0, 0.1) is 0 Å². The van der Waals surface area contributed by atoms with Crippen molar-refractivity contribution < 1.29 is 9.53 Å². The minimum absolute atomic E-state index is 0.0465. The van der Waals surface area contributed by atoms with Crippen LogP contribution in [0.2, 0.25) is 0 Å². The normalized spacial score (nSPS) is 19.3. The van der Waals surface area contributed by atoms with E-state index in [1.165, 1.54) is 0 Å². The van der Waals surface area contributed by atoms with Gasteiger partial charge in [0.25, 0.3) is 5.91 Å². The average molecular weight is 387 g/mol. The zero-order chi connectivity index (χ0) is 19.9. The van der Waals surface area contributed by atoms with E-state index >= 15 is 0 Å². The molecular formula is C24H25N3O2. The van der Waals surface area contributed by atoms with Crippen molar-refractivity contribution >= 4 is 23.9 Å². The molecule has 0 aromatic heterocycles. The molecule has 0 aliphatic carbocycles. The molecule has 5 nitrogen and oxygen atoms in total. The molecule has 0 atom stereocenters. The summed E-state index contributed by atoms with van der Waals surface area (Å²) in [7, 11) is 0. The lowest BCUT2D eigenvalue weighted by molar-refractivity contribution is -0.122. The SMILES string of the molecule is O=C1/C(=C/c2ccccc2)N=C(/C=C/c2ccccc2)N1CCN1CCOCC1. The van der Waals surface area contributed by atoms with Crippen LogP contribution in [-0.2, 0) is 9.53 Å². The van der Waals surface area contributed by atoms with Gasteiger partial charge in [-0.1, -0.05) is 66.7 Å². The molecule has 1 fully saturated rings. The van der Waals surface area contributed by atoms with Gasteiger partial charge in [0, 0.05) is 26.2 Å². The number of morpholine rings is 1. The number of ether oxygens (including phenoxy) is 1. The van der Waals surface area contributed by atoms with Gasteiger partial charge in [0.1, 0.15) is 11.5 Å². The van der Waals surface area contributed by atoms with Crippen molar-refractivity contribution in [3.63, 3.8) is 0 Å². The Morgan fingerprint density at radius 2 is 1.52 bits per heavy atom. The first kappa shape index (κ1) is 19.3. The molecule has 1 saturated heterocycles. The summed E-state index contributed by atoms with van der Waals surface area (Å²) in [6, 6.07) is 19.9. The number of benzene rings is 2. The predicted molar refractivity (Wildman–Crippen MR) is 116 cm³/mol. The Morgan fingerprint density at radius 1 is 0.862 bits per heavy atom. The molecule has 0 N–H and O–H groups in total. The van der Waals surface area contributed by atoms with E-state index in [-0.39, 0.29) is 5.91 Å². The van der Waals surface area contributed by atoms with E-state index in [2.05, 4.69) is 9.89 Å². The second-order valence-corrected chi connectivity index (χ2v) is 7.07. The molecule has 0 unspecified atom stereocenters. The lowest BCUT2D eigenvalue weighted by atomic mass is 10.2. The van der Waals surface area contributed by atoms with Crippen LogP contribution in [0.4, 0.5) is 0 Å². The predicted octanol–water partition coefficient (Wildman–Crippen LogP) is 3.31. The number of hydrogen-bond donors (Lipinski definition) is 0. The van der Waals surface area contributed by atoms with E-state index in [9.17, 15) is 4.79 Å². The van der Waals surface area contributed by atoms with Crippen LogP contribution in [0.3, 0.4) is 0 Å². The monoisotopic (exact) mass is 387 g/mol. The lowest BCUT2D eigenvalue weighted by Crippen LogP contribution is -2.43. The number of rotatable bonds is 6. The number of nitrogens with zero attached hydrogens (tertiary/aromatic N) is 3. The quantitative estimate of drug-likeness (QED) is 0.715. The molecule has 2 aromatic carbocycles. The summed E-state index contributed by atoms with van der Waals surface area (Å²) in [5, 5.41) is 0. The van der Waals surface area contributed by atoms with Crippen LogP contribution in [0.15, 0.2) is 77.4 Å². The van der Waals surface area contributed by atoms with Gasteiger partial charge in [-0.2, -0.15) is 0 Å². The maximum atomic E-state index is 13.1. The van der Waals surface area contributed by atoms with Gasteiger partial charge in [0.05, 0.1) is 13.2 Å². The zero-order valence-electron chi connectivity index (χ0n) is 16.4. The molecule has 148 valence electrons. The Morgan fingerprint density at radius 3 is 2.21 bits per heavy atom. The summed E-state index contributed by atoms with van der Waals surface area (Å²) in [6.07, 6.45) is 5.78. The van der Waals surface area contributed by atoms with Crippen molar-refractivity contribution in [1.29, 1.82) is 0 Å². The van der Waals surface area contributed by atoms with E-state index in [1.807, 2.05) is 78.9 Å². The third kappa shape index (κ3) is 5.08. The topological polar surface area (TPSA) is 45.1 Å². The van der Waals surface area contributed by atoms with Crippen LogP contribution >= 0.6 is 0 Å². The molecule has 0 spiro atoms. The highest BCUT2D eigenvalue weighted by atomic mass is 16.5. The minimum atomic E-state index is -0.0465. The second-order valence-electron chi connectivity index (χ2n) is 7.07. The molecule has 2 heterocycles. The Kier molecular flexibility index (Phi) is 6.29. The number of carbonyl (C=O) groups excluding carboxylic acids is 1. The Bertz CT molecular complexity index is 914. The van der Waals surface area contributed by atoms with Gasteiger partial charge < -0.3 is 4.74 Å². The first-order valence-electron chi connectivity index (χ1n) is 10.0. The molecule has 2 aromatic rings. The first-order valence-corrected chi connectivity index (χ1v) is 10.0. The highest BCUT2D eigenvalue weighted by Gasteiger charge is 2.29. The van der Waals surface area contributed by atoms with Gasteiger partial charge in [-0.3, -0.25) is 14.6 Å². The number of hydrogen-bond acceptors (Lipinski definition) is 4. The fraction of sp³-hybridized carbons (Fsp3) is 0.250. The Hall–Kier alpha value is -3.02. The van der Waals surface area contributed by atoms with Gasteiger partial charge in [0.15, 0.2) is 0 Å². The zero-order valence-corrected chi connectivity index (χ0v) is 16.4. The van der Waals surface area contributed by atoms with E-state index in [0.29, 0.717) is 18.1 Å². The molecule has 4 rings (SSSR count). The number of aliphatic imine (C=N–C) groups is 1. The van der Waals surface area contributed by atoms with Crippen molar-refractivity contribution in [2.24, 2.45) is 4.99 Å².